The van der Waals surface area contributed by atoms with E-state index in [-0.39, 0.29) is 0 Å². The van der Waals surface area contributed by atoms with Gasteiger partial charge in [-0.1, -0.05) is 32.9 Å². The van der Waals surface area contributed by atoms with Crippen molar-refractivity contribution in [3.8, 4) is 5.75 Å². The van der Waals surface area contributed by atoms with Crippen LogP contribution in [-0.4, -0.2) is 66.9 Å². The fourth-order valence-corrected chi connectivity index (χ4v) is 2.78. The van der Waals surface area contributed by atoms with Crippen LogP contribution < -0.4 is 4.74 Å². The van der Waals surface area contributed by atoms with Crippen molar-refractivity contribution in [2.24, 2.45) is 0 Å². The van der Waals surface area contributed by atoms with Gasteiger partial charge in [0.05, 0.1) is 0 Å². The van der Waals surface area contributed by atoms with Crippen LogP contribution in [0.25, 0.3) is 0 Å². The lowest BCUT2D eigenvalue weighted by Crippen LogP contribution is -2.49. The van der Waals surface area contributed by atoms with Crippen molar-refractivity contribution in [3.05, 3.63) is 29.8 Å². The van der Waals surface area contributed by atoms with Gasteiger partial charge in [0.15, 0.2) is 0 Å². The lowest BCUT2D eigenvalue weighted by molar-refractivity contribution is 0.0471. The van der Waals surface area contributed by atoms with Gasteiger partial charge in [0.1, 0.15) is 18.5 Å². The molecule has 0 amide bonds. The van der Waals surface area contributed by atoms with Crippen molar-refractivity contribution in [3.63, 3.8) is 0 Å². The first kappa shape index (κ1) is 17.3. The summed E-state index contributed by atoms with van der Waals surface area (Å²) in [4.78, 5) is 4.76. The number of hydrogen-bond acceptors (Lipinski definition) is 4. The Labute approximate surface area is 134 Å². The first-order chi connectivity index (χ1) is 10.6. The van der Waals surface area contributed by atoms with Crippen LogP contribution in [0, 0.1) is 0 Å². The van der Waals surface area contributed by atoms with Gasteiger partial charge in [0.2, 0.25) is 0 Å². The molecule has 1 aliphatic rings. The Morgan fingerprint density at radius 1 is 1.05 bits per heavy atom. The van der Waals surface area contributed by atoms with E-state index in [1.807, 2.05) is 12.1 Å². The molecule has 1 aromatic rings. The highest BCUT2D eigenvalue weighted by Gasteiger charge is 2.18. The van der Waals surface area contributed by atoms with Crippen LogP contribution in [0.1, 0.15) is 32.3 Å². The molecule has 1 unspecified atom stereocenters. The standard InChI is InChI=1S/C18H30N2O2/c1-4-19-9-11-20(12-10-19)13-17(21)14-22-18-7-5-16(6-8-18)15(2)3/h5-8,15,17,21H,4,9-14H2,1-3H3. The summed E-state index contributed by atoms with van der Waals surface area (Å²) in [5.41, 5.74) is 1.31. The largest absolute Gasteiger partial charge is 0.491 e. The average Bonchev–Trinajstić information content (AvgIpc) is 2.54. The normalized spacial score (nSPS) is 18.6. The molecule has 2 rings (SSSR count). The number of likely N-dealkylation sites (N-methyl/N-ethyl adjacent to an activating group) is 1. The Morgan fingerprint density at radius 2 is 1.64 bits per heavy atom. The predicted molar refractivity (Wildman–Crippen MR) is 90.6 cm³/mol. The van der Waals surface area contributed by atoms with Crippen molar-refractivity contribution in [2.45, 2.75) is 32.8 Å². The minimum absolute atomic E-state index is 0.356. The lowest BCUT2D eigenvalue weighted by Gasteiger charge is -2.34. The van der Waals surface area contributed by atoms with Crippen LogP contribution in [0.3, 0.4) is 0 Å². The van der Waals surface area contributed by atoms with Gasteiger partial charge in [-0.2, -0.15) is 0 Å². The van der Waals surface area contributed by atoms with Crippen molar-refractivity contribution in [2.75, 3.05) is 45.9 Å². The predicted octanol–water partition coefficient (Wildman–Crippen LogP) is 2.19. The first-order valence-electron chi connectivity index (χ1n) is 8.44. The molecule has 1 N–H and O–H groups in total. The maximum atomic E-state index is 10.1. The highest BCUT2D eigenvalue weighted by Crippen LogP contribution is 2.18. The van der Waals surface area contributed by atoms with E-state index < -0.39 is 6.10 Å². The maximum Gasteiger partial charge on any atom is 0.119 e. The number of aliphatic hydroxyl groups excluding tert-OH is 1. The summed E-state index contributed by atoms with van der Waals surface area (Å²) in [6, 6.07) is 8.16. The summed E-state index contributed by atoms with van der Waals surface area (Å²) in [6.07, 6.45) is -0.432. The van der Waals surface area contributed by atoms with E-state index in [0.717, 1.165) is 38.5 Å². The van der Waals surface area contributed by atoms with Crippen LogP contribution in [-0.2, 0) is 0 Å². The number of β-amino-alcohol motifs (C(OH)–C–C–N with tert-alkyl or cyclic N) is 1. The van der Waals surface area contributed by atoms with Crippen molar-refractivity contribution >= 4 is 0 Å². The van der Waals surface area contributed by atoms with E-state index >= 15 is 0 Å². The SMILES string of the molecule is CCN1CCN(CC(O)COc2ccc(C(C)C)cc2)CC1. The number of aliphatic hydroxyl groups is 1. The Hall–Kier alpha value is -1.10. The molecule has 4 nitrogen and oxygen atoms in total. The van der Waals surface area contributed by atoms with E-state index in [4.69, 9.17) is 4.74 Å². The monoisotopic (exact) mass is 306 g/mol. The molecule has 0 aromatic heterocycles. The van der Waals surface area contributed by atoms with E-state index in [9.17, 15) is 5.11 Å². The Bertz CT molecular complexity index is 425. The molecular weight excluding hydrogens is 276 g/mol. The number of piperazine rings is 1. The molecule has 4 heteroatoms. The molecule has 1 atom stereocenters. The minimum Gasteiger partial charge on any atom is -0.491 e. The summed E-state index contributed by atoms with van der Waals surface area (Å²) >= 11 is 0. The second-order valence-electron chi connectivity index (χ2n) is 6.42. The fraction of sp³-hybridized carbons (Fsp3) is 0.667. The second kappa shape index (κ2) is 8.51. The Morgan fingerprint density at radius 3 is 2.18 bits per heavy atom. The van der Waals surface area contributed by atoms with Gasteiger partial charge in [-0.05, 0) is 30.2 Å². The fourth-order valence-electron chi connectivity index (χ4n) is 2.78. The summed E-state index contributed by atoms with van der Waals surface area (Å²) in [5.74, 6) is 1.36. The first-order valence-corrected chi connectivity index (χ1v) is 8.44. The van der Waals surface area contributed by atoms with Gasteiger partial charge in [-0.15, -0.1) is 0 Å². The van der Waals surface area contributed by atoms with Gasteiger partial charge in [0, 0.05) is 32.7 Å². The van der Waals surface area contributed by atoms with E-state index in [1.54, 1.807) is 0 Å². The molecule has 1 fully saturated rings. The molecule has 22 heavy (non-hydrogen) atoms. The van der Waals surface area contributed by atoms with Gasteiger partial charge >= 0.3 is 0 Å². The van der Waals surface area contributed by atoms with Crippen LogP contribution >= 0.6 is 0 Å². The van der Waals surface area contributed by atoms with Gasteiger partial charge < -0.3 is 14.7 Å². The number of hydrogen-bond donors (Lipinski definition) is 1. The molecule has 0 saturated carbocycles. The zero-order valence-corrected chi connectivity index (χ0v) is 14.2. The van der Waals surface area contributed by atoms with Gasteiger partial charge in [-0.25, -0.2) is 0 Å². The smallest absolute Gasteiger partial charge is 0.119 e. The molecule has 124 valence electrons. The highest BCUT2D eigenvalue weighted by atomic mass is 16.5. The maximum absolute atomic E-state index is 10.1. The van der Waals surface area contributed by atoms with Crippen LogP contribution in [0.15, 0.2) is 24.3 Å². The quantitative estimate of drug-likeness (QED) is 0.838. The molecule has 1 aromatic carbocycles. The number of rotatable bonds is 7. The van der Waals surface area contributed by atoms with Gasteiger partial charge in [0.25, 0.3) is 0 Å². The Kier molecular flexibility index (Phi) is 6.68. The van der Waals surface area contributed by atoms with Crippen LogP contribution in [0.4, 0.5) is 0 Å². The van der Waals surface area contributed by atoms with Crippen LogP contribution in [0.5, 0.6) is 5.75 Å². The Balaban J connectivity index is 1.70. The second-order valence-corrected chi connectivity index (χ2v) is 6.42. The topological polar surface area (TPSA) is 35.9 Å². The third kappa shape index (κ3) is 5.27. The summed E-state index contributed by atoms with van der Waals surface area (Å²) in [6.45, 7) is 13.0. The molecule has 0 spiro atoms. The van der Waals surface area contributed by atoms with Crippen molar-refractivity contribution < 1.29 is 9.84 Å². The van der Waals surface area contributed by atoms with Crippen molar-refractivity contribution in [1.29, 1.82) is 0 Å². The molecule has 0 bridgehead atoms. The van der Waals surface area contributed by atoms with E-state index in [0.29, 0.717) is 19.1 Å². The molecule has 1 saturated heterocycles. The number of nitrogens with zero attached hydrogens (tertiary/aromatic N) is 2. The van der Waals surface area contributed by atoms with Crippen molar-refractivity contribution in [1.82, 2.24) is 9.80 Å². The third-order valence-electron chi connectivity index (χ3n) is 4.37. The summed E-state index contributed by atoms with van der Waals surface area (Å²) < 4.78 is 5.70. The number of ether oxygens (including phenoxy) is 1. The van der Waals surface area contributed by atoms with E-state index in [1.165, 1.54) is 5.56 Å². The molecular formula is C18H30N2O2. The highest BCUT2D eigenvalue weighted by molar-refractivity contribution is 5.28. The third-order valence-corrected chi connectivity index (χ3v) is 4.37. The average molecular weight is 306 g/mol. The minimum atomic E-state index is -0.432. The number of benzene rings is 1. The van der Waals surface area contributed by atoms with Gasteiger partial charge in [-0.3, -0.25) is 4.90 Å². The van der Waals surface area contributed by atoms with Crippen LogP contribution in [0.2, 0.25) is 0 Å². The zero-order valence-electron chi connectivity index (χ0n) is 14.2. The summed E-state index contributed by atoms with van der Waals surface area (Å²) in [7, 11) is 0. The van der Waals surface area contributed by atoms with E-state index in [2.05, 4.69) is 42.7 Å². The molecule has 0 radical (unpaired) electrons. The molecule has 0 aliphatic carbocycles. The molecule has 1 heterocycles. The summed E-state index contributed by atoms with van der Waals surface area (Å²) in [5, 5.41) is 10.1. The zero-order chi connectivity index (χ0) is 15.9. The lowest BCUT2D eigenvalue weighted by atomic mass is 10.0. The molecule has 1 aliphatic heterocycles.